The van der Waals surface area contributed by atoms with Crippen LogP contribution in [-0.4, -0.2) is 0 Å². The Labute approximate surface area is 143 Å². The number of hydrogen-bond donors (Lipinski definition) is 0. The smallest absolute Gasteiger partial charge is 1.00 e. The average molecular weight is 338 g/mol. The largest absolute Gasteiger partial charge is 4.00 e. The molecule has 0 atom stereocenters. The number of hydrogen-bond acceptors (Lipinski definition) is 0. The van der Waals surface area contributed by atoms with E-state index < -0.39 is 0 Å². The summed E-state index contributed by atoms with van der Waals surface area (Å²) in [5, 5.41) is 0. The molecule has 0 radical (unpaired) electrons. The maximum atomic E-state index is 2.28. The molecule has 0 spiro atoms. The van der Waals surface area contributed by atoms with Crippen molar-refractivity contribution < 1.29 is 58.9 Å². The molecule has 0 aliphatic carbocycles. The summed E-state index contributed by atoms with van der Waals surface area (Å²) in [6, 6.07) is 15.2. The molecule has 0 aromatic heterocycles. The van der Waals surface area contributed by atoms with Gasteiger partial charge in [0.25, 0.3) is 0 Å². The Morgan fingerprint density at radius 2 is 1.44 bits per heavy atom. The van der Waals surface area contributed by atoms with E-state index in [1.807, 2.05) is 0 Å². The molecule has 0 N–H and O–H groups in total. The fraction of sp³-hybridized carbons (Fsp3) is 0.214. The van der Waals surface area contributed by atoms with Crippen molar-refractivity contribution in [1.29, 1.82) is 0 Å². The van der Waals surface area contributed by atoms with Gasteiger partial charge in [-0.1, -0.05) is 23.8 Å². The first-order valence-electron chi connectivity index (χ1n) is 5.02. The molecule has 0 saturated carbocycles. The van der Waals surface area contributed by atoms with Gasteiger partial charge in [0.1, 0.15) is 0 Å². The fourth-order valence-electron chi connectivity index (χ4n) is 1.68. The molecule has 4 heteroatoms. The second-order valence-electron chi connectivity index (χ2n) is 3.89. The molecule has 96 valence electrons. The van der Waals surface area contributed by atoms with Gasteiger partial charge in [0.15, 0.2) is 0 Å². The number of benzene rings is 1. The summed E-state index contributed by atoms with van der Waals surface area (Å²) in [4.78, 5) is 0. The average Bonchev–Trinajstić information content (AvgIpc) is 2.64. The van der Waals surface area contributed by atoms with Crippen LogP contribution in [0.5, 0.6) is 0 Å². The first kappa shape index (κ1) is 23.3. The minimum Gasteiger partial charge on any atom is -1.00 e. The van der Waals surface area contributed by atoms with E-state index in [4.69, 9.17) is 0 Å². The molecule has 2 aromatic carbocycles. The van der Waals surface area contributed by atoms with E-state index in [9.17, 15) is 0 Å². The molecular formula is C14H15Cl3Ti. The predicted molar refractivity (Wildman–Crippen MR) is 60.8 cm³/mol. The Hall–Kier alpha value is 0.154. The van der Waals surface area contributed by atoms with Crippen LogP contribution < -0.4 is 37.2 Å². The van der Waals surface area contributed by atoms with Crippen LogP contribution in [0, 0.1) is 13.8 Å². The predicted octanol–water partition coefficient (Wildman–Crippen LogP) is -5.38. The molecule has 0 nitrogen and oxygen atoms in total. The number of rotatable bonds is 2. The molecule has 2 rings (SSSR count). The molecule has 0 aliphatic rings. The minimum absolute atomic E-state index is 0. The first-order chi connectivity index (χ1) is 6.75. The van der Waals surface area contributed by atoms with Crippen molar-refractivity contribution in [1.82, 2.24) is 0 Å². The third-order valence-corrected chi connectivity index (χ3v) is 2.71. The minimum atomic E-state index is 0. The Morgan fingerprint density at radius 3 is 1.94 bits per heavy atom. The van der Waals surface area contributed by atoms with Crippen LogP contribution in [0.1, 0.15) is 22.3 Å². The molecule has 0 saturated heterocycles. The zero-order valence-corrected chi connectivity index (χ0v) is 14.2. The zero-order valence-electron chi connectivity index (χ0n) is 10.4. The standard InChI is InChI=1S/C14H15.3ClH.Ti/c1-11-7-8-14(9-12(11)2)10-13-5-3-4-6-13;;;;/h3-9H,10H2,1-2H3;3*1H;/q-1;;;;+4/p-3. The van der Waals surface area contributed by atoms with E-state index in [2.05, 4.69) is 56.3 Å². The third kappa shape index (κ3) is 6.36. The van der Waals surface area contributed by atoms with Crippen LogP contribution in [0.4, 0.5) is 0 Å². The van der Waals surface area contributed by atoms with Crippen molar-refractivity contribution >= 4 is 0 Å². The molecule has 0 amide bonds. The van der Waals surface area contributed by atoms with E-state index in [1.165, 1.54) is 22.3 Å². The summed E-state index contributed by atoms with van der Waals surface area (Å²) in [5.41, 5.74) is 5.55. The second kappa shape index (κ2) is 11.0. The molecule has 0 fully saturated rings. The molecule has 0 aliphatic heterocycles. The summed E-state index contributed by atoms with van der Waals surface area (Å²) in [6.45, 7) is 4.32. The summed E-state index contributed by atoms with van der Waals surface area (Å²) >= 11 is 0. The van der Waals surface area contributed by atoms with Gasteiger partial charge in [-0.25, -0.2) is 12.1 Å². The van der Waals surface area contributed by atoms with Crippen molar-refractivity contribution in [2.75, 3.05) is 0 Å². The van der Waals surface area contributed by atoms with Gasteiger partial charge in [-0.3, -0.25) is 0 Å². The molecule has 18 heavy (non-hydrogen) atoms. The van der Waals surface area contributed by atoms with Gasteiger partial charge in [0, 0.05) is 0 Å². The summed E-state index contributed by atoms with van der Waals surface area (Å²) in [5.74, 6) is 0. The molecule has 0 unspecified atom stereocenters. The van der Waals surface area contributed by atoms with E-state index in [0.717, 1.165) is 6.42 Å². The number of halogens is 3. The Morgan fingerprint density at radius 1 is 0.889 bits per heavy atom. The van der Waals surface area contributed by atoms with E-state index in [1.54, 1.807) is 0 Å². The van der Waals surface area contributed by atoms with Crippen LogP contribution in [0.3, 0.4) is 0 Å². The fourth-order valence-corrected chi connectivity index (χ4v) is 1.68. The second-order valence-corrected chi connectivity index (χ2v) is 3.89. The van der Waals surface area contributed by atoms with Crippen molar-refractivity contribution in [3.63, 3.8) is 0 Å². The van der Waals surface area contributed by atoms with Gasteiger partial charge in [0.2, 0.25) is 0 Å². The Bertz CT molecular complexity index is 425. The van der Waals surface area contributed by atoms with Gasteiger partial charge < -0.3 is 37.2 Å². The van der Waals surface area contributed by atoms with Crippen molar-refractivity contribution in [2.45, 2.75) is 20.3 Å². The quantitative estimate of drug-likeness (QED) is 0.379. The van der Waals surface area contributed by atoms with Crippen LogP contribution in [-0.2, 0) is 28.1 Å². The maximum absolute atomic E-state index is 2.28. The molecule has 2 aromatic rings. The van der Waals surface area contributed by atoms with Gasteiger partial charge in [-0.15, -0.1) is 0 Å². The summed E-state index contributed by atoms with van der Waals surface area (Å²) < 4.78 is 0. The van der Waals surface area contributed by atoms with Gasteiger partial charge in [-0.05, 0) is 31.4 Å². The SMILES string of the molecule is Cc1ccc(C[c-]2cccc2)cc1C.[Cl-].[Cl-].[Cl-].[Ti+4]. The zero-order chi connectivity index (χ0) is 9.97. The van der Waals surface area contributed by atoms with Crippen molar-refractivity contribution in [3.05, 3.63) is 64.7 Å². The number of aryl methyl sites for hydroxylation is 2. The van der Waals surface area contributed by atoms with Crippen molar-refractivity contribution in [2.24, 2.45) is 0 Å². The Kier molecular flexibility index (Phi) is 14.2. The Balaban J connectivity index is -0.000000562. The molecule has 0 heterocycles. The summed E-state index contributed by atoms with van der Waals surface area (Å²) in [6.07, 6.45) is 1.05. The van der Waals surface area contributed by atoms with Gasteiger partial charge >= 0.3 is 21.7 Å². The normalized spacial score (nSPS) is 8.11. The molecule has 0 bridgehead atoms. The summed E-state index contributed by atoms with van der Waals surface area (Å²) in [7, 11) is 0. The monoisotopic (exact) mass is 336 g/mol. The first-order valence-corrected chi connectivity index (χ1v) is 5.02. The van der Waals surface area contributed by atoms with Crippen LogP contribution in [0.15, 0.2) is 42.5 Å². The van der Waals surface area contributed by atoms with E-state index >= 15 is 0 Å². The molecular weight excluding hydrogens is 322 g/mol. The van der Waals surface area contributed by atoms with Crippen molar-refractivity contribution in [3.8, 4) is 0 Å². The maximum Gasteiger partial charge on any atom is 4.00 e. The van der Waals surface area contributed by atoms with Crippen LogP contribution >= 0.6 is 0 Å². The van der Waals surface area contributed by atoms with Gasteiger partial charge in [-0.2, -0.15) is 17.7 Å². The topological polar surface area (TPSA) is 0 Å². The third-order valence-electron chi connectivity index (χ3n) is 2.71. The van der Waals surface area contributed by atoms with E-state index in [0.29, 0.717) is 0 Å². The van der Waals surface area contributed by atoms with Gasteiger partial charge in [0.05, 0.1) is 0 Å². The van der Waals surface area contributed by atoms with Crippen LogP contribution in [0.25, 0.3) is 0 Å². The van der Waals surface area contributed by atoms with Crippen LogP contribution in [0.2, 0.25) is 0 Å². The van der Waals surface area contributed by atoms with E-state index in [-0.39, 0.29) is 58.9 Å².